The Kier molecular flexibility index (Phi) is 2.63. The van der Waals surface area contributed by atoms with Gasteiger partial charge in [0.25, 0.3) is 0 Å². The van der Waals surface area contributed by atoms with Crippen molar-refractivity contribution in [3.63, 3.8) is 0 Å². The summed E-state index contributed by atoms with van der Waals surface area (Å²) in [7, 11) is 0. The summed E-state index contributed by atoms with van der Waals surface area (Å²) in [5.74, 6) is 0.440. The number of allylic oxidation sites excluding steroid dienone is 1. The van der Waals surface area contributed by atoms with Crippen LogP contribution >= 0.6 is 0 Å². The lowest BCUT2D eigenvalue weighted by Gasteiger charge is -2.19. The summed E-state index contributed by atoms with van der Waals surface area (Å²) in [5, 5.41) is 8.84. The molecule has 0 aromatic rings. The van der Waals surface area contributed by atoms with Crippen LogP contribution in [-0.4, -0.2) is 24.0 Å². The van der Waals surface area contributed by atoms with E-state index in [0.29, 0.717) is 5.92 Å². The average molecular weight is 139 g/mol. The fourth-order valence-electron chi connectivity index (χ4n) is 1.18. The summed E-state index contributed by atoms with van der Waals surface area (Å²) in [6.45, 7) is 2.28. The molecule has 0 aromatic heterocycles. The number of dihydropyridines is 1. The van der Waals surface area contributed by atoms with E-state index in [2.05, 4.69) is 18.0 Å². The molecule has 0 aromatic carbocycles. The minimum atomic E-state index is 0.106. The van der Waals surface area contributed by atoms with Crippen LogP contribution in [0.4, 0.5) is 0 Å². The van der Waals surface area contributed by atoms with Crippen LogP contribution in [0.3, 0.4) is 0 Å². The largest absolute Gasteiger partial charge is 0.394 e. The maximum atomic E-state index is 8.84. The molecule has 0 aliphatic carbocycles. The van der Waals surface area contributed by atoms with Crippen molar-refractivity contribution in [3.8, 4) is 0 Å². The van der Waals surface area contributed by atoms with E-state index in [-0.39, 0.29) is 12.6 Å². The molecular formula is C8H13NO. The molecule has 1 N–H and O–H groups in total. The molecule has 0 saturated carbocycles. The third-order valence-corrected chi connectivity index (χ3v) is 1.87. The highest BCUT2D eigenvalue weighted by Crippen LogP contribution is 2.15. The molecule has 0 amide bonds. The number of hydrogen-bond acceptors (Lipinski definition) is 2. The van der Waals surface area contributed by atoms with Crippen molar-refractivity contribution in [1.29, 1.82) is 0 Å². The van der Waals surface area contributed by atoms with E-state index in [1.54, 1.807) is 6.21 Å². The quantitative estimate of drug-likeness (QED) is 0.608. The zero-order chi connectivity index (χ0) is 7.40. The Bertz CT molecular complexity index is 133. The summed E-state index contributed by atoms with van der Waals surface area (Å²) in [5.41, 5.74) is 0. The average Bonchev–Trinajstić information content (AvgIpc) is 2.04. The van der Waals surface area contributed by atoms with E-state index in [1.165, 1.54) is 0 Å². The molecule has 0 fully saturated rings. The number of aliphatic hydroxyl groups is 1. The minimum Gasteiger partial charge on any atom is -0.394 e. The molecule has 56 valence electrons. The molecule has 2 heteroatoms. The molecule has 2 unspecified atom stereocenters. The van der Waals surface area contributed by atoms with Gasteiger partial charge in [-0.1, -0.05) is 13.0 Å². The second-order valence-corrected chi connectivity index (χ2v) is 2.51. The lowest BCUT2D eigenvalue weighted by Crippen LogP contribution is -2.22. The van der Waals surface area contributed by atoms with Gasteiger partial charge in [-0.15, -0.1) is 0 Å². The smallest absolute Gasteiger partial charge is 0.0792 e. The first kappa shape index (κ1) is 7.48. The van der Waals surface area contributed by atoms with Crippen LogP contribution in [0.1, 0.15) is 13.3 Å². The van der Waals surface area contributed by atoms with Crippen molar-refractivity contribution >= 4 is 6.21 Å². The Hall–Kier alpha value is -0.630. The Balaban J connectivity index is 2.55. The van der Waals surface area contributed by atoms with Crippen molar-refractivity contribution < 1.29 is 5.11 Å². The number of hydrogen-bond donors (Lipinski definition) is 1. The molecule has 0 bridgehead atoms. The highest BCUT2D eigenvalue weighted by molar-refractivity contribution is 5.72. The van der Waals surface area contributed by atoms with Crippen LogP contribution in [0.5, 0.6) is 0 Å². The molecule has 0 spiro atoms. The lowest BCUT2D eigenvalue weighted by molar-refractivity contribution is 0.240. The summed E-state index contributed by atoms with van der Waals surface area (Å²) in [6.07, 6.45) is 6.86. The van der Waals surface area contributed by atoms with Crippen LogP contribution < -0.4 is 0 Å². The normalized spacial score (nSPS) is 31.0. The van der Waals surface area contributed by atoms with Gasteiger partial charge in [0.2, 0.25) is 0 Å². The molecule has 10 heavy (non-hydrogen) atoms. The van der Waals surface area contributed by atoms with E-state index < -0.39 is 0 Å². The zero-order valence-corrected chi connectivity index (χ0v) is 6.20. The first-order valence-electron chi connectivity index (χ1n) is 3.69. The molecule has 1 rings (SSSR count). The fraction of sp³-hybridized carbons (Fsp3) is 0.625. The predicted molar refractivity (Wildman–Crippen MR) is 42.3 cm³/mol. The Morgan fingerprint density at radius 3 is 2.90 bits per heavy atom. The van der Waals surface area contributed by atoms with Crippen molar-refractivity contribution in [3.05, 3.63) is 12.2 Å². The summed E-state index contributed by atoms with van der Waals surface area (Å²) in [4.78, 5) is 4.14. The van der Waals surface area contributed by atoms with E-state index in [0.717, 1.165) is 6.42 Å². The molecule has 2 nitrogen and oxygen atoms in total. The van der Waals surface area contributed by atoms with Crippen LogP contribution in [0.2, 0.25) is 0 Å². The molecule has 0 radical (unpaired) electrons. The topological polar surface area (TPSA) is 32.6 Å². The number of rotatable bonds is 2. The highest BCUT2D eigenvalue weighted by Gasteiger charge is 2.15. The van der Waals surface area contributed by atoms with Gasteiger partial charge >= 0.3 is 0 Å². The molecule has 1 aliphatic heterocycles. The highest BCUT2D eigenvalue weighted by atomic mass is 16.3. The summed E-state index contributed by atoms with van der Waals surface area (Å²) in [6, 6.07) is 0.106. The molecule has 1 heterocycles. The standard InChI is InChI=1S/C8H13NO/c1-2-7-4-3-5-9-8(7)6-10/h3-5,7-8,10H,2,6H2,1H3. The Labute approximate surface area is 61.3 Å². The van der Waals surface area contributed by atoms with Crippen molar-refractivity contribution in [2.24, 2.45) is 10.9 Å². The molecular weight excluding hydrogens is 126 g/mol. The third-order valence-electron chi connectivity index (χ3n) is 1.87. The van der Waals surface area contributed by atoms with E-state index in [4.69, 9.17) is 5.11 Å². The fourth-order valence-corrected chi connectivity index (χ4v) is 1.18. The minimum absolute atomic E-state index is 0.106. The predicted octanol–water partition coefficient (Wildman–Crippen LogP) is 1.01. The Morgan fingerprint density at radius 2 is 2.40 bits per heavy atom. The van der Waals surface area contributed by atoms with Gasteiger partial charge < -0.3 is 5.11 Å². The van der Waals surface area contributed by atoms with Gasteiger partial charge in [0, 0.05) is 12.1 Å². The van der Waals surface area contributed by atoms with Gasteiger partial charge in [0.15, 0.2) is 0 Å². The molecule has 1 aliphatic rings. The second kappa shape index (κ2) is 3.52. The zero-order valence-electron chi connectivity index (χ0n) is 6.20. The van der Waals surface area contributed by atoms with Gasteiger partial charge in [0.1, 0.15) is 0 Å². The summed E-state index contributed by atoms with van der Waals surface area (Å²) >= 11 is 0. The molecule has 0 saturated heterocycles. The van der Waals surface area contributed by atoms with E-state index >= 15 is 0 Å². The second-order valence-electron chi connectivity index (χ2n) is 2.51. The van der Waals surface area contributed by atoms with Gasteiger partial charge in [-0.3, -0.25) is 4.99 Å². The monoisotopic (exact) mass is 139 g/mol. The maximum Gasteiger partial charge on any atom is 0.0792 e. The first-order valence-corrected chi connectivity index (χ1v) is 3.69. The van der Waals surface area contributed by atoms with Gasteiger partial charge in [-0.05, 0) is 12.5 Å². The number of aliphatic hydroxyl groups excluding tert-OH is 1. The third kappa shape index (κ3) is 1.45. The van der Waals surface area contributed by atoms with Crippen molar-refractivity contribution in [1.82, 2.24) is 0 Å². The lowest BCUT2D eigenvalue weighted by atomic mass is 9.96. The number of aliphatic imine (C=N–C) groups is 1. The van der Waals surface area contributed by atoms with Crippen molar-refractivity contribution in [2.45, 2.75) is 19.4 Å². The Morgan fingerprint density at radius 1 is 1.60 bits per heavy atom. The van der Waals surface area contributed by atoms with Crippen LogP contribution in [0, 0.1) is 5.92 Å². The van der Waals surface area contributed by atoms with Crippen LogP contribution in [0.15, 0.2) is 17.1 Å². The van der Waals surface area contributed by atoms with Crippen LogP contribution in [0.25, 0.3) is 0 Å². The van der Waals surface area contributed by atoms with Gasteiger partial charge in [-0.25, -0.2) is 0 Å². The van der Waals surface area contributed by atoms with Crippen LogP contribution in [-0.2, 0) is 0 Å². The first-order chi connectivity index (χ1) is 4.88. The van der Waals surface area contributed by atoms with Gasteiger partial charge in [0.05, 0.1) is 12.6 Å². The van der Waals surface area contributed by atoms with E-state index in [9.17, 15) is 0 Å². The van der Waals surface area contributed by atoms with E-state index in [1.807, 2.05) is 6.08 Å². The number of nitrogens with zero attached hydrogens (tertiary/aromatic N) is 1. The van der Waals surface area contributed by atoms with Crippen molar-refractivity contribution in [2.75, 3.05) is 6.61 Å². The maximum absolute atomic E-state index is 8.84. The van der Waals surface area contributed by atoms with Gasteiger partial charge in [-0.2, -0.15) is 0 Å². The summed E-state index contributed by atoms with van der Waals surface area (Å²) < 4.78 is 0. The SMILES string of the molecule is CCC1C=CC=NC1CO. The molecule has 2 atom stereocenters.